The molecule has 3 nitrogen and oxygen atoms in total. The molecule has 0 saturated heterocycles. The number of ether oxygens (including phenoxy) is 1. The second-order valence-electron chi connectivity index (χ2n) is 15.2. The molecule has 0 radical (unpaired) electrons. The molecule has 1 aromatic heterocycles. The minimum Gasteiger partial charge on any atom is -0.457 e. The van der Waals surface area contributed by atoms with Crippen molar-refractivity contribution < 1.29 is 4.74 Å². The highest BCUT2D eigenvalue weighted by Gasteiger charge is 2.50. The molecule has 58 heavy (non-hydrogen) atoms. The molecule has 0 N–H and O–H groups in total. The van der Waals surface area contributed by atoms with Gasteiger partial charge in [-0.25, -0.2) is 9.97 Å². The highest BCUT2D eigenvalue weighted by Crippen LogP contribution is 2.62. The number of para-hydroxylation sites is 1. The molecule has 1 spiro atoms. The first-order chi connectivity index (χ1) is 28.7. The fourth-order valence-electron chi connectivity index (χ4n) is 9.61. The number of nitrogens with zero attached hydrogens (tertiary/aromatic N) is 2. The molecule has 1 aliphatic heterocycles. The van der Waals surface area contributed by atoms with Crippen LogP contribution in [0, 0.1) is 0 Å². The Kier molecular flexibility index (Phi) is 7.14. The van der Waals surface area contributed by atoms with Crippen LogP contribution in [-0.2, 0) is 5.41 Å². The van der Waals surface area contributed by atoms with Gasteiger partial charge in [-0.15, -0.1) is 0 Å². The van der Waals surface area contributed by atoms with Crippen molar-refractivity contribution in [2.75, 3.05) is 0 Å². The van der Waals surface area contributed by atoms with E-state index in [1.165, 1.54) is 43.8 Å². The molecule has 270 valence electrons. The van der Waals surface area contributed by atoms with E-state index in [0.717, 1.165) is 61.8 Å². The van der Waals surface area contributed by atoms with Gasteiger partial charge in [-0.05, 0) is 79.2 Å². The highest BCUT2D eigenvalue weighted by molar-refractivity contribution is 6.08. The van der Waals surface area contributed by atoms with Crippen molar-refractivity contribution in [3.8, 4) is 67.7 Å². The largest absolute Gasteiger partial charge is 0.457 e. The van der Waals surface area contributed by atoms with Gasteiger partial charge in [0.25, 0.3) is 0 Å². The van der Waals surface area contributed by atoms with Gasteiger partial charge in [0, 0.05) is 27.8 Å². The lowest BCUT2D eigenvalue weighted by molar-refractivity contribution is 0.436. The van der Waals surface area contributed by atoms with Crippen LogP contribution in [0.2, 0.25) is 0 Å². The summed E-state index contributed by atoms with van der Waals surface area (Å²) >= 11 is 0. The average Bonchev–Trinajstić information content (AvgIpc) is 3.59. The molecular formula is C55H34N2O. The normalized spacial score (nSPS) is 13.1. The maximum Gasteiger partial charge on any atom is 0.160 e. The summed E-state index contributed by atoms with van der Waals surface area (Å²) in [6.07, 6.45) is 0. The smallest absolute Gasteiger partial charge is 0.160 e. The van der Waals surface area contributed by atoms with Crippen LogP contribution in [0.1, 0.15) is 22.3 Å². The zero-order chi connectivity index (χ0) is 38.2. The van der Waals surface area contributed by atoms with Crippen LogP contribution < -0.4 is 4.74 Å². The molecule has 1 aliphatic carbocycles. The SMILES string of the molecule is c1ccc(-c2nc(-c3ccc4c(ccc5ccccc54)c3)cc(-c3ccccc3-c3ccc4c(c3)Oc3ccccc3C43c4ccccc4-c4ccccc43)n2)cc1. The van der Waals surface area contributed by atoms with E-state index in [0.29, 0.717) is 5.82 Å². The van der Waals surface area contributed by atoms with Crippen LogP contribution >= 0.6 is 0 Å². The second-order valence-corrected chi connectivity index (χ2v) is 15.2. The van der Waals surface area contributed by atoms with Crippen molar-refractivity contribution in [2.45, 2.75) is 5.41 Å². The molecule has 0 amide bonds. The van der Waals surface area contributed by atoms with E-state index in [4.69, 9.17) is 14.7 Å². The van der Waals surface area contributed by atoms with Crippen molar-refractivity contribution in [3.63, 3.8) is 0 Å². The van der Waals surface area contributed by atoms with Gasteiger partial charge in [-0.1, -0.05) is 182 Å². The van der Waals surface area contributed by atoms with Crippen molar-refractivity contribution in [2.24, 2.45) is 0 Å². The molecule has 9 aromatic carbocycles. The lowest BCUT2D eigenvalue weighted by Crippen LogP contribution is -2.32. The predicted octanol–water partition coefficient (Wildman–Crippen LogP) is 13.9. The quantitative estimate of drug-likeness (QED) is 0.169. The topological polar surface area (TPSA) is 35.0 Å². The maximum absolute atomic E-state index is 6.89. The summed E-state index contributed by atoms with van der Waals surface area (Å²) < 4.78 is 6.89. The van der Waals surface area contributed by atoms with Gasteiger partial charge < -0.3 is 4.74 Å². The third kappa shape index (κ3) is 4.80. The van der Waals surface area contributed by atoms with E-state index in [1.807, 2.05) is 18.2 Å². The summed E-state index contributed by atoms with van der Waals surface area (Å²) in [7, 11) is 0. The van der Waals surface area contributed by atoms with Crippen LogP contribution in [0.15, 0.2) is 206 Å². The molecule has 0 saturated carbocycles. The molecular weight excluding hydrogens is 705 g/mol. The van der Waals surface area contributed by atoms with Gasteiger partial charge in [0.05, 0.1) is 16.8 Å². The molecule has 0 bridgehead atoms. The Hall–Kier alpha value is -7.62. The van der Waals surface area contributed by atoms with Gasteiger partial charge in [-0.3, -0.25) is 0 Å². The van der Waals surface area contributed by atoms with E-state index in [1.54, 1.807) is 0 Å². The second kappa shape index (κ2) is 12.7. The van der Waals surface area contributed by atoms with Gasteiger partial charge in [0.15, 0.2) is 5.82 Å². The minimum absolute atomic E-state index is 0.506. The van der Waals surface area contributed by atoms with E-state index < -0.39 is 5.41 Å². The Bertz CT molecular complexity index is 3230. The van der Waals surface area contributed by atoms with Crippen LogP contribution in [-0.4, -0.2) is 9.97 Å². The standard InChI is InChI=1S/C55H34N2O/c1-2-15-36(16-3-1)54-56-50(39-28-30-42-37(32-39)27-26-35-14-4-5-17-40(35)42)34-51(57-54)45-21-7-6-18-41(45)38-29-31-49-53(33-38)58-52-25-13-12-24-48(52)55(49)46-22-10-8-19-43(46)44-20-9-11-23-47(44)55/h1-34H. The number of benzene rings is 9. The number of fused-ring (bicyclic) bond motifs is 12. The monoisotopic (exact) mass is 738 g/mol. The Morgan fingerprint density at radius 3 is 1.72 bits per heavy atom. The summed E-state index contributed by atoms with van der Waals surface area (Å²) in [6.45, 7) is 0. The Balaban J connectivity index is 1.03. The highest BCUT2D eigenvalue weighted by atomic mass is 16.5. The van der Waals surface area contributed by atoms with Crippen LogP contribution in [0.4, 0.5) is 0 Å². The third-order valence-corrected chi connectivity index (χ3v) is 12.2. The zero-order valence-corrected chi connectivity index (χ0v) is 31.4. The first kappa shape index (κ1) is 32.6. The molecule has 0 atom stereocenters. The van der Waals surface area contributed by atoms with Crippen LogP contribution in [0.5, 0.6) is 11.5 Å². The average molecular weight is 739 g/mol. The summed E-state index contributed by atoms with van der Waals surface area (Å²) in [6, 6.07) is 73.6. The fourth-order valence-corrected chi connectivity index (χ4v) is 9.61. The van der Waals surface area contributed by atoms with E-state index in [-0.39, 0.29) is 0 Å². The minimum atomic E-state index is -0.506. The van der Waals surface area contributed by atoms with Crippen LogP contribution in [0.3, 0.4) is 0 Å². The van der Waals surface area contributed by atoms with E-state index in [2.05, 4.69) is 188 Å². The Morgan fingerprint density at radius 2 is 0.914 bits per heavy atom. The summed E-state index contributed by atoms with van der Waals surface area (Å²) in [5.41, 5.74) is 13.8. The Labute approximate surface area is 336 Å². The molecule has 0 unspecified atom stereocenters. The van der Waals surface area contributed by atoms with Gasteiger partial charge in [0.1, 0.15) is 11.5 Å². The first-order valence-electron chi connectivity index (χ1n) is 19.8. The van der Waals surface area contributed by atoms with Crippen LogP contribution in [0.25, 0.3) is 77.7 Å². The van der Waals surface area contributed by atoms with Crippen molar-refractivity contribution >= 4 is 21.5 Å². The first-order valence-corrected chi connectivity index (χ1v) is 19.8. The molecule has 3 heteroatoms. The number of aromatic nitrogens is 2. The third-order valence-electron chi connectivity index (χ3n) is 12.2. The van der Waals surface area contributed by atoms with Crippen molar-refractivity contribution in [1.29, 1.82) is 0 Å². The molecule has 0 fully saturated rings. The Morgan fingerprint density at radius 1 is 0.328 bits per heavy atom. The van der Waals surface area contributed by atoms with E-state index in [9.17, 15) is 0 Å². The number of hydrogen-bond donors (Lipinski definition) is 0. The molecule has 2 aliphatic rings. The fraction of sp³-hybridized carbons (Fsp3) is 0.0182. The molecule has 12 rings (SSSR count). The molecule has 2 heterocycles. The zero-order valence-electron chi connectivity index (χ0n) is 31.4. The number of rotatable bonds is 4. The van der Waals surface area contributed by atoms with Gasteiger partial charge in [0.2, 0.25) is 0 Å². The maximum atomic E-state index is 6.89. The summed E-state index contributed by atoms with van der Waals surface area (Å²) in [5, 5.41) is 4.89. The van der Waals surface area contributed by atoms with Gasteiger partial charge >= 0.3 is 0 Å². The predicted molar refractivity (Wildman–Crippen MR) is 236 cm³/mol. The number of hydrogen-bond acceptors (Lipinski definition) is 3. The van der Waals surface area contributed by atoms with Crippen molar-refractivity contribution in [3.05, 3.63) is 229 Å². The molecule has 10 aromatic rings. The summed E-state index contributed by atoms with van der Waals surface area (Å²) in [4.78, 5) is 10.5. The van der Waals surface area contributed by atoms with Crippen molar-refractivity contribution in [1.82, 2.24) is 9.97 Å². The van der Waals surface area contributed by atoms with Gasteiger partial charge in [-0.2, -0.15) is 0 Å². The lowest BCUT2D eigenvalue weighted by Gasteiger charge is -2.39. The summed E-state index contributed by atoms with van der Waals surface area (Å²) in [5.74, 6) is 2.42. The van der Waals surface area contributed by atoms with E-state index >= 15 is 0 Å². The lowest BCUT2D eigenvalue weighted by atomic mass is 9.66.